The van der Waals surface area contributed by atoms with Crippen molar-refractivity contribution in [3.63, 3.8) is 0 Å². The highest BCUT2D eigenvalue weighted by Gasteiger charge is 2.13. The quantitative estimate of drug-likeness (QED) is 0.603. The van der Waals surface area contributed by atoms with Crippen LogP contribution < -0.4 is 0 Å². The predicted octanol–water partition coefficient (Wildman–Crippen LogP) is 3.89. The molecule has 0 aliphatic heterocycles. The van der Waals surface area contributed by atoms with E-state index in [0.29, 0.717) is 0 Å². The Labute approximate surface area is 80.3 Å². The number of benzene rings is 1. The van der Waals surface area contributed by atoms with E-state index in [1.165, 1.54) is 24.8 Å². The Hall–Kier alpha value is -1.04. The number of allylic oxidation sites excluding steroid dienone is 1. The Morgan fingerprint density at radius 3 is 2.62 bits per heavy atom. The standard InChI is InChI=1S/C13H16/c1-11-7-8-13(9-11)10-12-5-3-2-4-6-12/h2-6,10-11H,7-9H2,1H3/b13-10-. The summed E-state index contributed by atoms with van der Waals surface area (Å²) in [6.45, 7) is 2.34. The van der Waals surface area contributed by atoms with Crippen LogP contribution in [0.3, 0.4) is 0 Å². The zero-order chi connectivity index (χ0) is 9.10. The molecule has 0 amide bonds. The van der Waals surface area contributed by atoms with Crippen molar-refractivity contribution in [3.05, 3.63) is 41.5 Å². The van der Waals surface area contributed by atoms with E-state index >= 15 is 0 Å². The van der Waals surface area contributed by atoms with E-state index in [1.54, 1.807) is 5.57 Å². The van der Waals surface area contributed by atoms with Gasteiger partial charge < -0.3 is 0 Å². The molecular formula is C13H16. The summed E-state index contributed by atoms with van der Waals surface area (Å²) in [5.41, 5.74) is 2.98. The summed E-state index contributed by atoms with van der Waals surface area (Å²) in [4.78, 5) is 0. The first-order valence-electron chi connectivity index (χ1n) is 5.09. The van der Waals surface area contributed by atoms with Crippen molar-refractivity contribution in [1.29, 1.82) is 0 Å². The zero-order valence-corrected chi connectivity index (χ0v) is 8.16. The molecule has 0 radical (unpaired) electrons. The molecule has 2 rings (SSSR count). The van der Waals surface area contributed by atoms with Crippen LogP contribution in [-0.2, 0) is 0 Å². The van der Waals surface area contributed by atoms with Crippen molar-refractivity contribution >= 4 is 6.08 Å². The fraction of sp³-hybridized carbons (Fsp3) is 0.385. The van der Waals surface area contributed by atoms with Crippen LogP contribution in [-0.4, -0.2) is 0 Å². The average Bonchev–Trinajstić information content (AvgIpc) is 2.53. The van der Waals surface area contributed by atoms with Gasteiger partial charge in [-0.1, -0.05) is 48.9 Å². The largest absolute Gasteiger partial charge is 0.0693 e. The van der Waals surface area contributed by atoms with Crippen molar-refractivity contribution < 1.29 is 0 Å². The van der Waals surface area contributed by atoms with E-state index in [4.69, 9.17) is 0 Å². The fourth-order valence-corrected chi connectivity index (χ4v) is 2.00. The minimum atomic E-state index is 0.898. The third-order valence-electron chi connectivity index (χ3n) is 2.74. The maximum absolute atomic E-state index is 2.35. The van der Waals surface area contributed by atoms with E-state index < -0.39 is 0 Å². The van der Waals surface area contributed by atoms with Gasteiger partial charge in [0.05, 0.1) is 0 Å². The molecule has 0 heteroatoms. The Kier molecular flexibility index (Phi) is 2.49. The van der Waals surface area contributed by atoms with Crippen LogP contribution >= 0.6 is 0 Å². The third kappa shape index (κ3) is 2.21. The highest BCUT2D eigenvalue weighted by molar-refractivity contribution is 5.53. The summed E-state index contributed by atoms with van der Waals surface area (Å²) in [5, 5.41) is 0. The third-order valence-corrected chi connectivity index (χ3v) is 2.74. The minimum absolute atomic E-state index is 0.898. The lowest BCUT2D eigenvalue weighted by atomic mass is 10.1. The zero-order valence-electron chi connectivity index (χ0n) is 8.16. The summed E-state index contributed by atoms with van der Waals surface area (Å²) in [6, 6.07) is 10.6. The number of rotatable bonds is 1. The minimum Gasteiger partial charge on any atom is -0.0693 e. The number of hydrogen-bond donors (Lipinski definition) is 0. The van der Waals surface area contributed by atoms with Crippen molar-refractivity contribution in [3.8, 4) is 0 Å². The molecule has 0 aromatic heterocycles. The van der Waals surface area contributed by atoms with E-state index in [9.17, 15) is 0 Å². The smallest absolute Gasteiger partial charge is 0.0257 e. The molecule has 0 spiro atoms. The van der Waals surface area contributed by atoms with Gasteiger partial charge in [0.25, 0.3) is 0 Å². The second-order valence-electron chi connectivity index (χ2n) is 4.06. The maximum atomic E-state index is 2.35. The molecule has 68 valence electrons. The Balaban J connectivity index is 2.13. The molecule has 1 aromatic carbocycles. The molecule has 0 nitrogen and oxygen atoms in total. The second kappa shape index (κ2) is 3.78. The van der Waals surface area contributed by atoms with Crippen LogP contribution in [0.5, 0.6) is 0 Å². The van der Waals surface area contributed by atoms with Gasteiger partial charge in [-0.25, -0.2) is 0 Å². The molecule has 1 atom stereocenters. The lowest BCUT2D eigenvalue weighted by molar-refractivity contribution is 0.620. The van der Waals surface area contributed by atoms with Crippen molar-refractivity contribution in [2.75, 3.05) is 0 Å². The fourth-order valence-electron chi connectivity index (χ4n) is 2.00. The van der Waals surface area contributed by atoms with Gasteiger partial charge in [0.1, 0.15) is 0 Å². The Morgan fingerprint density at radius 1 is 1.23 bits per heavy atom. The normalized spacial score (nSPS) is 25.3. The van der Waals surface area contributed by atoms with E-state index in [1.807, 2.05) is 0 Å². The van der Waals surface area contributed by atoms with Crippen LogP contribution in [0.2, 0.25) is 0 Å². The van der Waals surface area contributed by atoms with Crippen LogP contribution in [0.4, 0.5) is 0 Å². The monoisotopic (exact) mass is 172 g/mol. The summed E-state index contributed by atoms with van der Waals surface area (Å²) in [6.07, 6.45) is 6.33. The van der Waals surface area contributed by atoms with Crippen molar-refractivity contribution in [2.24, 2.45) is 5.92 Å². The first kappa shape index (κ1) is 8.55. The van der Waals surface area contributed by atoms with Crippen LogP contribution in [0.1, 0.15) is 31.7 Å². The van der Waals surface area contributed by atoms with Crippen LogP contribution in [0.15, 0.2) is 35.9 Å². The first-order chi connectivity index (χ1) is 6.34. The Bertz CT molecular complexity index is 295. The molecule has 0 N–H and O–H groups in total. The highest BCUT2D eigenvalue weighted by atomic mass is 14.2. The van der Waals surface area contributed by atoms with Gasteiger partial charge in [0.2, 0.25) is 0 Å². The molecule has 0 bridgehead atoms. The summed E-state index contributed by atoms with van der Waals surface area (Å²) in [5.74, 6) is 0.898. The SMILES string of the molecule is CC1CC/C(=C/c2ccccc2)C1. The van der Waals surface area contributed by atoms with Crippen LogP contribution in [0, 0.1) is 5.92 Å². The summed E-state index contributed by atoms with van der Waals surface area (Å²) >= 11 is 0. The first-order valence-corrected chi connectivity index (χ1v) is 5.09. The highest BCUT2D eigenvalue weighted by Crippen LogP contribution is 2.30. The molecule has 1 saturated carbocycles. The van der Waals surface area contributed by atoms with E-state index in [0.717, 1.165) is 5.92 Å². The Morgan fingerprint density at radius 2 is 2.00 bits per heavy atom. The van der Waals surface area contributed by atoms with Gasteiger partial charge in [0.15, 0.2) is 0 Å². The molecule has 1 aliphatic rings. The molecule has 13 heavy (non-hydrogen) atoms. The van der Waals surface area contributed by atoms with Gasteiger partial charge >= 0.3 is 0 Å². The van der Waals surface area contributed by atoms with Crippen molar-refractivity contribution in [2.45, 2.75) is 26.2 Å². The molecule has 0 heterocycles. The van der Waals surface area contributed by atoms with Crippen molar-refractivity contribution in [1.82, 2.24) is 0 Å². The average molecular weight is 172 g/mol. The summed E-state index contributed by atoms with van der Waals surface area (Å²) < 4.78 is 0. The van der Waals surface area contributed by atoms with Crippen LogP contribution in [0.25, 0.3) is 6.08 Å². The molecule has 1 aromatic rings. The van der Waals surface area contributed by atoms with E-state index in [-0.39, 0.29) is 0 Å². The van der Waals surface area contributed by atoms with Gasteiger partial charge in [-0.15, -0.1) is 0 Å². The number of hydrogen-bond acceptors (Lipinski definition) is 0. The van der Waals surface area contributed by atoms with Gasteiger partial charge in [0, 0.05) is 0 Å². The molecule has 1 fully saturated rings. The lowest BCUT2D eigenvalue weighted by Crippen LogP contribution is -1.80. The lowest BCUT2D eigenvalue weighted by Gasteiger charge is -1.97. The van der Waals surface area contributed by atoms with Gasteiger partial charge in [-0.05, 0) is 30.7 Å². The topological polar surface area (TPSA) is 0 Å². The molecule has 1 unspecified atom stereocenters. The van der Waals surface area contributed by atoms with Gasteiger partial charge in [-0.3, -0.25) is 0 Å². The molecule has 0 saturated heterocycles. The summed E-state index contributed by atoms with van der Waals surface area (Å²) in [7, 11) is 0. The molecule has 1 aliphatic carbocycles. The van der Waals surface area contributed by atoms with Gasteiger partial charge in [-0.2, -0.15) is 0 Å². The molecular weight excluding hydrogens is 156 g/mol. The maximum Gasteiger partial charge on any atom is -0.0257 e. The second-order valence-corrected chi connectivity index (χ2v) is 4.06. The van der Waals surface area contributed by atoms with E-state index in [2.05, 4.69) is 43.3 Å². The predicted molar refractivity (Wildman–Crippen MR) is 57.4 cm³/mol.